The van der Waals surface area contributed by atoms with Crippen LogP contribution < -0.4 is 10.1 Å². The van der Waals surface area contributed by atoms with Gasteiger partial charge in [0.25, 0.3) is 5.91 Å². The van der Waals surface area contributed by atoms with E-state index in [9.17, 15) is 4.79 Å². The second-order valence-corrected chi connectivity index (χ2v) is 7.18. The van der Waals surface area contributed by atoms with E-state index in [4.69, 9.17) is 9.15 Å². The van der Waals surface area contributed by atoms with E-state index in [1.54, 1.807) is 30.5 Å². The molecule has 1 amide bonds. The van der Waals surface area contributed by atoms with E-state index >= 15 is 0 Å². The van der Waals surface area contributed by atoms with Crippen LogP contribution in [0.2, 0.25) is 0 Å². The number of hydrogen-bond donors (Lipinski definition) is 1. The quantitative estimate of drug-likeness (QED) is 0.427. The SMILES string of the molecule is CC(C)Oc1ccc(CNC(=O)/C(=C\c2ccco2)n2nnnc2-c2ccccc2)cn1. The predicted octanol–water partition coefficient (Wildman–Crippen LogP) is 3.43. The number of ether oxygens (including phenoxy) is 1. The summed E-state index contributed by atoms with van der Waals surface area (Å²) in [5, 5.41) is 14.8. The molecule has 0 radical (unpaired) electrons. The zero-order valence-corrected chi connectivity index (χ0v) is 17.7. The fraction of sp³-hybridized carbons (Fsp3) is 0.174. The van der Waals surface area contributed by atoms with Gasteiger partial charge in [-0.25, -0.2) is 4.98 Å². The molecule has 3 heterocycles. The number of benzene rings is 1. The number of amides is 1. The summed E-state index contributed by atoms with van der Waals surface area (Å²) < 4.78 is 12.3. The van der Waals surface area contributed by atoms with Gasteiger partial charge in [0.05, 0.1) is 12.4 Å². The van der Waals surface area contributed by atoms with Crippen molar-refractivity contribution in [3.63, 3.8) is 0 Å². The molecule has 162 valence electrons. The van der Waals surface area contributed by atoms with Crippen LogP contribution in [-0.2, 0) is 11.3 Å². The first kappa shape index (κ1) is 21.0. The van der Waals surface area contributed by atoms with Crippen LogP contribution in [0.25, 0.3) is 23.2 Å². The number of nitrogens with one attached hydrogen (secondary N) is 1. The molecule has 3 aromatic heterocycles. The first-order valence-corrected chi connectivity index (χ1v) is 10.1. The normalized spacial score (nSPS) is 11.5. The Kier molecular flexibility index (Phi) is 6.35. The summed E-state index contributed by atoms with van der Waals surface area (Å²) in [6.07, 6.45) is 4.83. The van der Waals surface area contributed by atoms with Crippen LogP contribution in [0.3, 0.4) is 0 Å². The van der Waals surface area contributed by atoms with Gasteiger partial charge in [-0.15, -0.1) is 5.10 Å². The Labute approximate surface area is 184 Å². The minimum atomic E-state index is -0.367. The van der Waals surface area contributed by atoms with E-state index in [1.807, 2.05) is 50.2 Å². The van der Waals surface area contributed by atoms with Crippen LogP contribution in [0.15, 0.2) is 71.5 Å². The fourth-order valence-corrected chi connectivity index (χ4v) is 2.95. The fourth-order valence-electron chi connectivity index (χ4n) is 2.95. The van der Waals surface area contributed by atoms with Crippen molar-refractivity contribution in [2.24, 2.45) is 0 Å². The van der Waals surface area contributed by atoms with Crippen molar-refractivity contribution in [3.8, 4) is 17.3 Å². The van der Waals surface area contributed by atoms with Crippen LogP contribution in [-0.4, -0.2) is 37.2 Å². The summed E-state index contributed by atoms with van der Waals surface area (Å²) in [6.45, 7) is 4.14. The van der Waals surface area contributed by atoms with Gasteiger partial charge in [0.1, 0.15) is 11.5 Å². The van der Waals surface area contributed by atoms with Crippen molar-refractivity contribution in [2.45, 2.75) is 26.5 Å². The summed E-state index contributed by atoms with van der Waals surface area (Å²) in [5.74, 6) is 1.11. The van der Waals surface area contributed by atoms with Crippen LogP contribution in [0, 0.1) is 0 Å². The van der Waals surface area contributed by atoms with Crippen LogP contribution in [0.5, 0.6) is 5.88 Å². The smallest absolute Gasteiger partial charge is 0.270 e. The minimum absolute atomic E-state index is 0.0393. The first-order valence-electron chi connectivity index (χ1n) is 10.1. The third kappa shape index (κ3) is 5.07. The summed E-state index contributed by atoms with van der Waals surface area (Å²) in [7, 11) is 0. The Bertz CT molecular complexity index is 1180. The van der Waals surface area contributed by atoms with Crippen molar-refractivity contribution in [1.82, 2.24) is 30.5 Å². The Morgan fingerprint density at radius 1 is 1.16 bits per heavy atom. The van der Waals surface area contributed by atoms with Gasteiger partial charge in [-0.2, -0.15) is 4.68 Å². The molecule has 1 N–H and O–H groups in total. The highest BCUT2D eigenvalue weighted by Crippen LogP contribution is 2.20. The molecule has 0 saturated carbocycles. The predicted molar refractivity (Wildman–Crippen MR) is 118 cm³/mol. The van der Waals surface area contributed by atoms with E-state index in [0.29, 0.717) is 17.5 Å². The maximum atomic E-state index is 13.2. The molecule has 0 bridgehead atoms. The molecule has 0 atom stereocenters. The molecule has 9 heteroatoms. The molecule has 0 unspecified atom stereocenters. The molecular weight excluding hydrogens is 408 g/mol. The van der Waals surface area contributed by atoms with Crippen molar-refractivity contribution >= 4 is 17.7 Å². The van der Waals surface area contributed by atoms with Gasteiger partial charge >= 0.3 is 0 Å². The van der Waals surface area contributed by atoms with Gasteiger partial charge < -0.3 is 14.5 Å². The van der Waals surface area contributed by atoms with Gasteiger partial charge in [0, 0.05) is 30.4 Å². The highest BCUT2D eigenvalue weighted by Gasteiger charge is 2.19. The number of rotatable bonds is 8. The Balaban J connectivity index is 1.57. The van der Waals surface area contributed by atoms with Crippen LogP contribution in [0.4, 0.5) is 0 Å². The number of tetrazole rings is 1. The van der Waals surface area contributed by atoms with E-state index < -0.39 is 0 Å². The summed E-state index contributed by atoms with van der Waals surface area (Å²) >= 11 is 0. The largest absolute Gasteiger partial charge is 0.475 e. The monoisotopic (exact) mass is 430 g/mol. The molecule has 0 fully saturated rings. The van der Waals surface area contributed by atoms with Gasteiger partial charge in [0.2, 0.25) is 5.88 Å². The second-order valence-electron chi connectivity index (χ2n) is 7.18. The molecule has 0 spiro atoms. The van der Waals surface area contributed by atoms with Crippen molar-refractivity contribution in [2.75, 3.05) is 0 Å². The average Bonchev–Trinajstić information content (AvgIpc) is 3.49. The lowest BCUT2D eigenvalue weighted by molar-refractivity contribution is -0.116. The first-order chi connectivity index (χ1) is 15.6. The van der Waals surface area contributed by atoms with E-state index in [0.717, 1.165) is 11.1 Å². The van der Waals surface area contributed by atoms with E-state index in [2.05, 4.69) is 25.8 Å². The molecule has 4 aromatic rings. The minimum Gasteiger partial charge on any atom is -0.475 e. The summed E-state index contributed by atoms with van der Waals surface area (Å²) in [4.78, 5) is 17.4. The van der Waals surface area contributed by atoms with E-state index in [-0.39, 0.29) is 24.3 Å². The lowest BCUT2D eigenvalue weighted by atomic mass is 10.2. The highest BCUT2D eigenvalue weighted by atomic mass is 16.5. The molecule has 0 aliphatic heterocycles. The Hall–Kier alpha value is -4.27. The average molecular weight is 430 g/mol. The number of aromatic nitrogens is 5. The third-order valence-electron chi connectivity index (χ3n) is 4.39. The number of pyridine rings is 1. The molecule has 4 rings (SSSR count). The molecule has 9 nitrogen and oxygen atoms in total. The van der Waals surface area contributed by atoms with Gasteiger partial charge in [0.15, 0.2) is 5.82 Å². The molecule has 0 aliphatic carbocycles. The highest BCUT2D eigenvalue weighted by molar-refractivity contribution is 6.18. The van der Waals surface area contributed by atoms with Crippen LogP contribution in [0.1, 0.15) is 25.2 Å². The topological polar surface area (TPSA) is 108 Å². The van der Waals surface area contributed by atoms with Crippen molar-refractivity contribution < 1.29 is 13.9 Å². The lowest BCUT2D eigenvalue weighted by Gasteiger charge is -2.11. The number of nitrogens with zero attached hydrogens (tertiary/aromatic N) is 5. The summed E-state index contributed by atoms with van der Waals surface area (Å²) in [6, 6.07) is 16.5. The van der Waals surface area contributed by atoms with Gasteiger partial charge in [-0.3, -0.25) is 4.79 Å². The van der Waals surface area contributed by atoms with Crippen molar-refractivity contribution in [3.05, 3.63) is 78.4 Å². The van der Waals surface area contributed by atoms with Crippen LogP contribution >= 0.6 is 0 Å². The molecule has 1 aromatic carbocycles. The maximum absolute atomic E-state index is 13.2. The van der Waals surface area contributed by atoms with Gasteiger partial charge in [-0.1, -0.05) is 36.4 Å². The van der Waals surface area contributed by atoms with Gasteiger partial charge in [-0.05, 0) is 42.0 Å². The number of furan rings is 1. The zero-order chi connectivity index (χ0) is 22.3. The number of carbonyl (C=O) groups is 1. The zero-order valence-electron chi connectivity index (χ0n) is 17.7. The molecule has 0 saturated heterocycles. The Morgan fingerprint density at radius 3 is 2.69 bits per heavy atom. The third-order valence-corrected chi connectivity index (χ3v) is 4.39. The van der Waals surface area contributed by atoms with E-state index in [1.165, 1.54) is 10.9 Å². The number of hydrogen-bond acceptors (Lipinski definition) is 7. The second kappa shape index (κ2) is 9.69. The molecule has 0 aliphatic rings. The lowest BCUT2D eigenvalue weighted by Crippen LogP contribution is -2.27. The molecular formula is C23H22N6O3. The maximum Gasteiger partial charge on any atom is 0.270 e. The molecule has 32 heavy (non-hydrogen) atoms. The number of carbonyl (C=O) groups excluding carboxylic acids is 1. The van der Waals surface area contributed by atoms with Crippen molar-refractivity contribution in [1.29, 1.82) is 0 Å². The summed E-state index contributed by atoms with van der Waals surface area (Å²) in [5.41, 5.74) is 1.82. The standard InChI is InChI=1S/C23H22N6O3/c1-16(2)32-21-11-10-17(14-24-21)15-25-23(30)20(13-19-9-6-12-31-19)29-22(26-27-28-29)18-7-4-3-5-8-18/h3-14,16H,15H2,1-2H3,(H,25,30)/b20-13+. The Morgan fingerprint density at radius 2 is 2.00 bits per heavy atom.